The molecule has 0 aromatic heterocycles. The second kappa shape index (κ2) is 10.1. The van der Waals surface area contributed by atoms with Crippen LogP contribution in [0.3, 0.4) is 0 Å². The summed E-state index contributed by atoms with van der Waals surface area (Å²) in [5.41, 5.74) is 4.80. The summed E-state index contributed by atoms with van der Waals surface area (Å²) in [6, 6.07) is 16.5. The van der Waals surface area contributed by atoms with Crippen molar-refractivity contribution < 1.29 is 24.2 Å². The van der Waals surface area contributed by atoms with E-state index in [1.54, 1.807) is 0 Å². The number of nitrogens with one attached hydrogen (secondary N) is 2. The van der Waals surface area contributed by atoms with E-state index in [4.69, 9.17) is 9.84 Å². The molecule has 0 heterocycles. The quantitative estimate of drug-likeness (QED) is 0.531. The number of amides is 2. The Balaban J connectivity index is 1.03. The van der Waals surface area contributed by atoms with Crippen LogP contribution >= 0.6 is 0 Å². The monoisotopic (exact) mass is 476 g/mol. The molecule has 3 aliphatic carbocycles. The van der Waals surface area contributed by atoms with Gasteiger partial charge in [0.15, 0.2) is 0 Å². The van der Waals surface area contributed by atoms with Crippen LogP contribution < -0.4 is 10.6 Å². The van der Waals surface area contributed by atoms with Crippen LogP contribution in [0.25, 0.3) is 11.1 Å². The molecule has 0 unspecified atom stereocenters. The average molecular weight is 477 g/mol. The number of ether oxygens (including phenoxy) is 1. The van der Waals surface area contributed by atoms with E-state index in [2.05, 4.69) is 34.9 Å². The number of benzene rings is 2. The van der Waals surface area contributed by atoms with Crippen molar-refractivity contribution in [2.75, 3.05) is 19.7 Å². The second-order valence-corrected chi connectivity index (χ2v) is 10.1. The number of aliphatic carboxylic acids is 1. The highest BCUT2D eigenvalue weighted by molar-refractivity contribution is 5.80. The minimum atomic E-state index is -0.770. The van der Waals surface area contributed by atoms with Crippen LogP contribution in [-0.2, 0) is 14.3 Å². The summed E-state index contributed by atoms with van der Waals surface area (Å²) in [6.07, 6.45) is 3.59. The summed E-state index contributed by atoms with van der Waals surface area (Å²) in [5, 5.41) is 14.8. The second-order valence-electron chi connectivity index (χ2n) is 10.1. The number of fused-ring (bicyclic) bond motifs is 3. The van der Waals surface area contributed by atoms with Gasteiger partial charge in [0.25, 0.3) is 0 Å². The van der Waals surface area contributed by atoms with Crippen LogP contribution in [0.2, 0.25) is 0 Å². The molecule has 2 atom stereocenters. The topological polar surface area (TPSA) is 105 Å². The van der Waals surface area contributed by atoms with Crippen molar-refractivity contribution in [2.45, 2.75) is 38.0 Å². The Morgan fingerprint density at radius 2 is 1.49 bits per heavy atom. The van der Waals surface area contributed by atoms with Gasteiger partial charge in [0, 0.05) is 24.9 Å². The molecule has 2 fully saturated rings. The van der Waals surface area contributed by atoms with Gasteiger partial charge in [0.05, 0.1) is 5.92 Å². The molecule has 0 bridgehead atoms. The van der Waals surface area contributed by atoms with Crippen LogP contribution in [0, 0.1) is 23.7 Å². The SMILES string of the molecule is O=C(NCC1CCC(C(=O)NC[C@@H]2C[C@@H]2C(=O)O)CC1)OCC1c2ccccc2-c2ccccc21. The molecule has 3 aliphatic rings. The van der Waals surface area contributed by atoms with E-state index in [0.29, 0.717) is 32.0 Å². The third kappa shape index (κ3) is 5.19. The van der Waals surface area contributed by atoms with Gasteiger partial charge in [-0.1, -0.05) is 48.5 Å². The number of carboxylic acid groups (broad SMARTS) is 1. The molecule has 2 aromatic carbocycles. The van der Waals surface area contributed by atoms with Crippen LogP contribution in [0.1, 0.15) is 49.1 Å². The Morgan fingerprint density at radius 1 is 0.857 bits per heavy atom. The Bertz CT molecular complexity index is 1060. The summed E-state index contributed by atoms with van der Waals surface area (Å²) in [5.74, 6) is -0.604. The molecule has 7 heteroatoms. The van der Waals surface area contributed by atoms with E-state index in [9.17, 15) is 14.4 Å². The Labute approximate surface area is 205 Å². The smallest absolute Gasteiger partial charge is 0.407 e. The first kappa shape index (κ1) is 23.4. The fourth-order valence-corrected chi connectivity index (χ4v) is 5.66. The third-order valence-electron chi connectivity index (χ3n) is 7.87. The normalized spacial score (nSPS) is 24.7. The molecular weight excluding hydrogens is 444 g/mol. The summed E-state index contributed by atoms with van der Waals surface area (Å²) >= 11 is 0. The zero-order chi connectivity index (χ0) is 24.4. The number of carbonyl (C=O) groups is 3. The first-order valence-corrected chi connectivity index (χ1v) is 12.6. The fourth-order valence-electron chi connectivity index (χ4n) is 5.66. The molecule has 35 heavy (non-hydrogen) atoms. The van der Waals surface area contributed by atoms with Gasteiger partial charge < -0.3 is 20.5 Å². The van der Waals surface area contributed by atoms with E-state index < -0.39 is 12.1 Å². The molecule has 7 nitrogen and oxygen atoms in total. The molecule has 0 spiro atoms. The van der Waals surface area contributed by atoms with Crippen molar-refractivity contribution in [3.05, 3.63) is 59.7 Å². The van der Waals surface area contributed by atoms with Gasteiger partial charge >= 0.3 is 12.1 Å². The minimum absolute atomic E-state index is 0.0252. The lowest BCUT2D eigenvalue weighted by molar-refractivity contribution is -0.139. The first-order valence-electron chi connectivity index (χ1n) is 12.6. The van der Waals surface area contributed by atoms with E-state index >= 15 is 0 Å². The number of hydrogen-bond donors (Lipinski definition) is 3. The fraction of sp³-hybridized carbons (Fsp3) is 0.464. The van der Waals surface area contributed by atoms with Crippen molar-refractivity contribution in [1.29, 1.82) is 0 Å². The van der Waals surface area contributed by atoms with E-state index in [-0.39, 0.29) is 29.6 Å². The number of carboxylic acids is 1. The summed E-state index contributed by atoms with van der Waals surface area (Å²) in [6.45, 7) is 1.31. The summed E-state index contributed by atoms with van der Waals surface area (Å²) in [4.78, 5) is 35.8. The predicted octanol–water partition coefficient (Wildman–Crippen LogP) is 4.17. The minimum Gasteiger partial charge on any atom is -0.481 e. The molecule has 0 saturated heterocycles. The lowest BCUT2D eigenvalue weighted by atomic mass is 9.81. The number of hydrogen-bond acceptors (Lipinski definition) is 4. The average Bonchev–Trinajstić information content (AvgIpc) is 3.60. The third-order valence-corrected chi connectivity index (χ3v) is 7.87. The standard InChI is InChI=1S/C28H32N2O5/c31-26(29-15-19-13-24(19)27(32)33)18-11-9-17(10-12-18)14-30-28(34)35-16-25-22-7-3-1-5-20(22)21-6-2-4-8-23(21)25/h1-8,17-19,24-25H,9-16H2,(H,29,31)(H,30,34)(H,32,33)/t17?,18?,19-,24-/m0/s1. The number of rotatable bonds is 8. The highest BCUT2D eigenvalue weighted by Crippen LogP contribution is 2.44. The highest BCUT2D eigenvalue weighted by atomic mass is 16.5. The maximum absolute atomic E-state index is 12.4. The first-order chi connectivity index (χ1) is 17.0. The van der Waals surface area contributed by atoms with Gasteiger partial charge in [-0.2, -0.15) is 0 Å². The van der Waals surface area contributed by atoms with Gasteiger partial charge in [-0.3, -0.25) is 9.59 Å². The highest BCUT2D eigenvalue weighted by Gasteiger charge is 2.43. The van der Waals surface area contributed by atoms with E-state index in [1.165, 1.54) is 22.3 Å². The predicted molar refractivity (Wildman–Crippen MR) is 131 cm³/mol. The zero-order valence-corrected chi connectivity index (χ0v) is 19.7. The van der Waals surface area contributed by atoms with Crippen molar-refractivity contribution in [1.82, 2.24) is 10.6 Å². The van der Waals surface area contributed by atoms with Crippen LogP contribution in [0.15, 0.2) is 48.5 Å². The van der Waals surface area contributed by atoms with Crippen LogP contribution in [-0.4, -0.2) is 42.8 Å². The Morgan fingerprint density at radius 3 is 2.09 bits per heavy atom. The lowest BCUT2D eigenvalue weighted by Crippen LogP contribution is -2.37. The van der Waals surface area contributed by atoms with Crippen LogP contribution in [0.5, 0.6) is 0 Å². The number of carbonyl (C=O) groups excluding carboxylic acids is 2. The van der Waals surface area contributed by atoms with Crippen LogP contribution in [0.4, 0.5) is 4.79 Å². The van der Waals surface area contributed by atoms with Gasteiger partial charge in [-0.15, -0.1) is 0 Å². The molecule has 3 N–H and O–H groups in total. The van der Waals surface area contributed by atoms with Gasteiger partial charge in [0.1, 0.15) is 6.61 Å². The maximum Gasteiger partial charge on any atom is 0.407 e. The van der Waals surface area contributed by atoms with Gasteiger partial charge in [-0.25, -0.2) is 4.79 Å². The van der Waals surface area contributed by atoms with Crippen molar-refractivity contribution in [2.24, 2.45) is 23.7 Å². The number of alkyl carbamates (subject to hydrolysis) is 1. The van der Waals surface area contributed by atoms with Crippen molar-refractivity contribution >= 4 is 18.0 Å². The maximum atomic E-state index is 12.4. The van der Waals surface area contributed by atoms with Gasteiger partial charge in [-0.05, 0) is 66.2 Å². The molecule has 184 valence electrons. The molecule has 0 aliphatic heterocycles. The summed E-state index contributed by atoms with van der Waals surface area (Å²) in [7, 11) is 0. The Kier molecular flexibility index (Phi) is 6.75. The van der Waals surface area contributed by atoms with E-state index in [0.717, 1.165) is 25.7 Å². The molecule has 2 saturated carbocycles. The Hall–Kier alpha value is -3.35. The van der Waals surface area contributed by atoms with Crippen molar-refractivity contribution in [3.63, 3.8) is 0 Å². The van der Waals surface area contributed by atoms with Gasteiger partial charge in [0.2, 0.25) is 5.91 Å². The van der Waals surface area contributed by atoms with E-state index in [1.807, 2.05) is 24.3 Å². The molecular formula is C28H32N2O5. The summed E-state index contributed by atoms with van der Waals surface area (Å²) < 4.78 is 5.62. The zero-order valence-electron chi connectivity index (χ0n) is 19.7. The van der Waals surface area contributed by atoms with Crippen molar-refractivity contribution in [3.8, 4) is 11.1 Å². The molecule has 2 aromatic rings. The lowest BCUT2D eigenvalue weighted by Gasteiger charge is -2.28. The molecule has 5 rings (SSSR count). The molecule has 2 amide bonds. The molecule has 0 radical (unpaired) electrons. The largest absolute Gasteiger partial charge is 0.481 e.